The van der Waals surface area contributed by atoms with Gasteiger partial charge in [0.1, 0.15) is 5.69 Å². The first kappa shape index (κ1) is 14.9. The minimum atomic E-state index is -0.0472. The number of carbonyl (C=O) groups excluding carboxylic acids is 1. The standard InChI is InChI=1S/C14H17N5O2S/c1-10(20)16-8-11-9-19(6-7-21-11)14-18-17-13(22-14)12-4-2-3-5-15-12/h2-5,11H,6-9H2,1H3,(H,16,20). The molecular weight excluding hydrogens is 302 g/mol. The van der Waals surface area contributed by atoms with E-state index in [9.17, 15) is 4.79 Å². The average Bonchev–Trinajstić information content (AvgIpc) is 3.04. The predicted molar refractivity (Wildman–Crippen MR) is 83.8 cm³/mol. The number of nitrogens with one attached hydrogen (secondary N) is 1. The first-order chi connectivity index (χ1) is 10.7. The van der Waals surface area contributed by atoms with Crippen molar-refractivity contribution in [3.8, 4) is 10.7 Å². The maximum atomic E-state index is 11.0. The van der Waals surface area contributed by atoms with Crippen molar-refractivity contribution in [2.24, 2.45) is 0 Å². The largest absolute Gasteiger partial charge is 0.373 e. The Bertz CT molecular complexity index is 633. The second kappa shape index (κ2) is 6.80. The predicted octanol–water partition coefficient (Wildman–Crippen LogP) is 0.941. The summed E-state index contributed by atoms with van der Waals surface area (Å²) in [5.41, 5.74) is 0.828. The highest BCUT2D eigenvalue weighted by Gasteiger charge is 2.23. The van der Waals surface area contributed by atoms with Crippen LogP contribution < -0.4 is 10.2 Å². The highest BCUT2D eigenvalue weighted by molar-refractivity contribution is 7.18. The van der Waals surface area contributed by atoms with Gasteiger partial charge in [-0.25, -0.2) is 0 Å². The first-order valence-electron chi connectivity index (χ1n) is 7.08. The van der Waals surface area contributed by atoms with Crippen molar-refractivity contribution in [2.45, 2.75) is 13.0 Å². The van der Waals surface area contributed by atoms with E-state index in [0.717, 1.165) is 22.4 Å². The third-order valence-electron chi connectivity index (χ3n) is 3.29. The monoisotopic (exact) mass is 319 g/mol. The molecule has 2 aromatic rings. The molecule has 1 atom stereocenters. The number of hydrogen-bond acceptors (Lipinski definition) is 7. The smallest absolute Gasteiger partial charge is 0.216 e. The van der Waals surface area contributed by atoms with Gasteiger partial charge in [-0.15, -0.1) is 10.2 Å². The number of nitrogens with zero attached hydrogens (tertiary/aromatic N) is 4. The molecule has 1 unspecified atom stereocenters. The number of pyridine rings is 1. The molecule has 0 radical (unpaired) electrons. The van der Waals surface area contributed by atoms with Crippen molar-refractivity contribution >= 4 is 22.4 Å². The van der Waals surface area contributed by atoms with Gasteiger partial charge in [0.05, 0.1) is 12.7 Å². The van der Waals surface area contributed by atoms with Crippen LogP contribution in [0.4, 0.5) is 5.13 Å². The van der Waals surface area contributed by atoms with Crippen LogP contribution in [0.15, 0.2) is 24.4 Å². The van der Waals surface area contributed by atoms with E-state index >= 15 is 0 Å². The maximum absolute atomic E-state index is 11.0. The van der Waals surface area contributed by atoms with Gasteiger partial charge in [0, 0.05) is 32.8 Å². The molecule has 0 bridgehead atoms. The molecule has 0 aliphatic carbocycles. The van der Waals surface area contributed by atoms with E-state index in [0.29, 0.717) is 19.7 Å². The Morgan fingerprint density at radius 1 is 1.50 bits per heavy atom. The highest BCUT2D eigenvalue weighted by atomic mass is 32.1. The Balaban J connectivity index is 1.66. The Morgan fingerprint density at radius 3 is 3.18 bits per heavy atom. The summed E-state index contributed by atoms with van der Waals surface area (Å²) in [5.74, 6) is -0.0472. The Labute approximate surface area is 132 Å². The Hall–Kier alpha value is -2.06. The van der Waals surface area contributed by atoms with Crippen LogP contribution in [-0.4, -0.2) is 53.4 Å². The molecular formula is C14H17N5O2S. The first-order valence-corrected chi connectivity index (χ1v) is 7.90. The van der Waals surface area contributed by atoms with Crippen LogP contribution in [0.2, 0.25) is 0 Å². The number of anilines is 1. The van der Waals surface area contributed by atoms with Crippen LogP contribution in [0.25, 0.3) is 10.7 Å². The van der Waals surface area contributed by atoms with Crippen LogP contribution in [0, 0.1) is 0 Å². The summed E-state index contributed by atoms with van der Waals surface area (Å²) in [6, 6.07) is 5.73. The van der Waals surface area contributed by atoms with Gasteiger partial charge in [0.25, 0.3) is 0 Å². The fourth-order valence-corrected chi connectivity index (χ4v) is 3.07. The number of carbonyl (C=O) groups is 1. The number of aromatic nitrogens is 3. The summed E-state index contributed by atoms with van der Waals surface area (Å²) >= 11 is 1.52. The topological polar surface area (TPSA) is 80.2 Å². The van der Waals surface area contributed by atoms with E-state index in [1.54, 1.807) is 6.20 Å². The quantitative estimate of drug-likeness (QED) is 0.903. The van der Waals surface area contributed by atoms with Crippen LogP contribution in [0.3, 0.4) is 0 Å². The van der Waals surface area contributed by atoms with E-state index in [1.165, 1.54) is 18.3 Å². The molecule has 22 heavy (non-hydrogen) atoms. The van der Waals surface area contributed by atoms with Gasteiger partial charge < -0.3 is 15.0 Å². The summed E-state index contributed by atoms with van der Waals surface area (Å²) < 4.78 is 5.66. The third kappa shape index (κ3) is 3.58. The van der Waals surface area contributed by atoms with Gasteiger partial charge in [0.15, 0.2) is 5.01 Å². The molecule has 7 nitrogen and oxygen atoms in total. The number of amides is 1. The van der Waals surface area contributed by atoms with Crippen LogP contribution in [0.1, 0.15) is 6.92 Å². The third-order valence-corrected chi connectivity index (χ3v) is 4.29. The molecule has 1 N–H and O–H groups in total. The Kier molecular flexibility index (Phi) is 4.59. The lowest BCUT2D eigenvalue weighted by Crippen LogP contribution is -2.47. The van der Waals surface area contributed by atoms with Gasteiger partial charge >= 0.3 is 0 Å². The summed E-state index contributed by atoms with van der Waals surface area (Å²) in [6.45, 7) is 4.09. The second-order valence-corrected chi connectivity index (χ2v) is 5.94. The van der Waals surface area contributed by atoms with Crippen LogP contribution in [0.5, 0.6) is 0 Å². The van der Waals surface area contributed by atoms with E-state index in [-0.39, 0.29) is 12.0 Å². The number of hydrogen-bond donors (Lipinski definition) is 1. The number of morpholine rings is 1. The van der Waals surface area contributed by atoms with Gasteiger partial charge in [0.2, 0.25) is 11.0 Å². The molecule has 1 aliphatic heterocycles. The minimum Gasteiger partial charge on any atom is -0.373 e. The van der Waals surface area contributed by atoms with E-state index < -0.39 is 0 Å². The van der Waals surface area contributed by atoms with Crippen molar-refractivity contribution in [1.82, 2.24) is 20.5 Å². The molecule has 3 heterocycles. The van der Waals surface area contributed by atoms with Crippen LogP contribution >= 0.6 is 11.3 Å². The fraction of sp³-hybridized carbons (Fsp3) is 0.429. The molecule has 1 aliphatic rings. The molecule has 0 saturated carbocycles. The van der Waals surface area contributed by atoms with Gasteiger partial charge in [-0.05, 0) is 12.1 Å². The average molecular weight is 319 g/mol. The summed E-state index contributed by atoms with van der Waals surface area (Å²) in [7, 11) is 0. The summed E-state index contributed by atoms with van der Waals surface area (Å²) in [5, 5.41) is 12.9. The van der Waals surface area contributed by atoms with E-state index in [1.807, 2.05) is 18.2 Å². The minimum absolute atomic E-state index is 0.0279. The number of rotatable bonds is 4. The van der Waals surface area contributed by atoms with Gasteiger partial charge in [-0.1, -0.05) is 17.4 Å². The van der Waals surface area contributed by atoms with Gasteiger partial charge in [-0.2, -0.15) is 0 Å². The van der Waals surface area contributed by atoms with Gasteiger partial charge in [-0.3, -0.25) is 9.78 Å². The molecule has 1 fully saturated rings. The maximum Gasteiger partial charge on any atom is 0.216 e. The lowest BCUT2D eigenvalue weighted by molar-refractivity contribution is -0.119. The van der Waals surface area contributed by atoms with Crippen molar-refractivity contribution in [2.75, 3.05) is 31.1 Å². The summed E-state index contributed by atoms with van der Waals surface area (Å²) in [4.78, 5) is 17.4. The molecule has 116 valence electrons. The Morgan fingerprint density at radius 2 is 2.41 bits per heavy atom. The van der Waals surface area contributed by atoms with E-state index in [4.69, 9.17) is 4.74 Å². The molecule has 1 saturated heterocycles. The second-order valence-electron chi connectivity index (χ2n) is 4.98. The normalized spacial score (nSPS) is 18.2. The number of ether oxygens (including phenoxy) is 1. The van der Waals surface area contributed by atoms with Crippen molar-refractivity contribution in [1.29, 1.82) is 0 Å². The zero-order valence-corrected chi connectivity index (χ0v) is 13.0. The van der Waals surface area contributed by atoms with E-state index in [2.05, 4.69) is 25.4 Å². The molecule has 2 aromatic heterocycles. The zero-order chi connectivity index (χ0) is 15.4. The van der Waals surface area contributed by atoms with Crippen molar-refractivity contribution in [3.05, 3.63) is 24.4 Å². The SMILES string of the molecule is CC(=O)NCC1CN(c2nnc(-c3ccccn3)s2)CCO1. The summed E-state index contributed by atoms with van der Waals surface area (Å²) in [6.07, 6.45) is 1.72. The van der Waals surface area contributed by atoms with Crippen molar-refractivity contribution in [3.63, 3.8) is 0 Å². The molecule has 0 spiro atoms. The molecule has 1 amide bonds. The molecule has 0 aromatic carbocycles. The molecule has 8 heteroatoms. The fourth-order valence-electron chi connectivity index (χ4n) is 2.21. The van der Waals surface area contributed by atoms with Crippen LogP contribution in [-0.2, 0) is 9.53 Å². The van der Waals surface area contributed by atoms with Crippen molar-refractivity contribution < 1.29 is 9.53 Å². The lowest BCUT2D eigenvalue weighted by atomic mass is 10.3. The highest BCUT2D eigenvalue weighted by Crippen LogP contribution is 2.28. The zero-order valence-electron chi connectivity index (χ0n) is 12.2. The molecule has 3 rings (SSSR count). The lowest BCUT2D eigenvalue weighted by Gasteiger charge is -2.32.